The molecule has 3 nitrogen and oxygen atoms in total. The third kappa shape index (κ3) is 4.03. The van der Waals surface area contributed by atoms with Crippen molar-refractivity contribution >= 4 is 16.9 Å². The van der Waals surface area contributed by atoms with Gasteiger partial charge in [-0.2, -0.15) is 0 Å². The molecule has 0 aromatic heterocycles. The van der Waals surface area contributed by atoms with Crippen LogP contribution in [0, 0.1) is 0 Å². The third-order valence-corrected chi connectivity index (χ3v) is 6.84. The summed E-state index contributed by atoms with van der Waals surface area (Å²) in [5.41, 5.74) is 1.56. The number of carboxylic acids is 1. The van der Waals surface area contributed by atoms with E-state index >= 15 is 0 Å². The van der Waals surface area contributed by atoms with Gasteiger partial charge < -0.3 is 10.2 Å². The van der Waals surface area contributed by atoms with Crippen LogP contribution in [0.4, 0.5) is 0 Å². The van der Waals surface area contributed by atoms with Crippen molar-refractivity contribution in [2.75, 3.05) is 0 Å². The summed E-state index contributed by atoms with van der Waals surface area (Å²) in [6, 6.07) is 33.6. The molecular formula is C25H19O3S+. The molecule has 4 aromatic carbocycles. The van der Waals surface area contributed by atoms with Crippen molar-refractivity contribution < 1.29 is 15.0 Å². The highest BCUT2D eigenvalue weighted by molar-refractivity contribution is 7.97. The highest BCUT2D eigenvalue weighted by atomic mass is 32.2. The molecule has 4 rings (SSSR count). The average molecular weight is 399 g/mol. The zero-order chi connectivity index (χ0) is 20.2. The van der Waals surface area contributed by atoms with E-state index in [1.165, 1.54) is 26.8 Å². The van der Waals surface area contributed by atoms with E-state index in [9.17, 15) is 15.0 Å². The van der Waals surface area contributed by atoms with Gasteiger partial charge in [0.2, 0.25) is 0 Å². The van der Waals surface area contributed by atoms with Crippen LogP contribution >= 0.6 is 0 Å². The molecule has 0 fully saturated rings. The molecule has 142 valence electrons. The number of benzene rings is 4. The van der Waals surface area contributed by atoms with E-state index in [1.807, 2.05) is 24.3 Å². The van der Waals surface area contributed by atoms with Gasteiger partial charge in [0.25, 0.3) is 0 Å². The number of carboxylic acid groups (broad SMARTS) is 1. The minimum absolute atomic E-state index is 0.0973. The van der Waals surface area contributed by atoms with Crippen LogP contribution in [-0.4, -0.2) is 16.2 Å². The summed E-state index contributed by atoms with van der Waals surface area (Å²) in [6.07, 6.45) is 0. The van der Waals surface area contributed by atoms with E-state index in [1.54, 1.807) is 6.07 Å². The van der Waals surface area contributed by atoms with Crippen LogP contribution in [0.3, 0.4) is 0 Å². The fraction of sp³-hybridized carbons (Fsp3) is 0. The van der Waals surface area contributed by atoms with Crippen LogP contribution in [0.2, 0.25) is 0 Å². The fourth-order valence-electron chi connectivity index (χ4n) is 3.19. The first-order chi connectivity index (χ1) is 14.1. The van der Waals surface area contributed by atoms with E-state index in [0.717, 1.165) is 11.1 Å². The number of aromatic hydroxyl groups is 1. The number of hydrogen-bond donors (Lipinski definition) is 2. The molecule has 0 amide bonds. The number of hydrogen-bond acceptors (Lipinski definition) is 2. The predicted octanol–water partition coefficient (Wildman–Crippen LogP) is 5.85. The van der Waals surface area contributed by atoms with Gasteiger partial charge in [-0.15, -0.1) is 0 Å². The van der Waals surface area contributed by atoms with E-state index in [0.29, 0.717) is 0 Å². The molecular weight excluding hydrogens is 380 g/mol. The van der Waals surface area contributed by atoms with Crippen molar-refractivity contribution in [2.45, 2.75) is 14.7 Å². The molecule has 0 atom stereocenters. The first-order valence-electron chi connectivity index (χ1n) is 9.14. The molecule has 0 radical (unpaired) electrons. The van der Waals surface area contributed by atoms with Crippen molar-refractivity contribution in [3.8, 4) is 16.9 Å². The molecule has 29 heavy (non-hydrogen) atoms. The Labute approximate surface area is 172 Å². The SMILES string of the molecule is O=C(O)c1cc(-c2ccc([S+](c3ccccc3)c3ccccc3)cc2)ccc1O. The first kappa shape index (κ1) is 18.8. The van der Waals surface area contributed by atoms with Gasteiger partial charge in [0.05, 0.1) is 10.9 Å². The standard InChI is InChI=1S/C25H18O3S/c26-24-16-13-19(17-23(24)25(27)28)18-11-14-22(15-12-18)29(20-7-3-1-4-8-20)21-9-5-2-6-10-21/h1-17H,(H-,26,27,28)/p+1. The van der Waals surface area contributed by atoms with Gasteiger partial charge in [0.1, 0.15) is 11.3 Å². The maximum Gasteiger partial charge on any atom is 0.339 e. The first-order valence-corrected chi connectivity index (χ1v) is 10.4. The molecule has 4 heteroatoms. The molecule has 0 aliphatic rings. The highest BCUT2D eigenvalue weighted by Crippen LogP contribution is 2.33. The molecule has 0 aliphatic heterocycles. The lowest BCUT2D eigenvalue weighted by Gasteiger charge is -2.09. The maximum atomic E-state index is 11.3. The molecule has 0 aliphatic carbocycles. The summed E-state index contributed by atoms with van der Waals surface area (Å²) in [5.74, 6) is -1.37. The summed E-state index contributed by atoms with van der Waals surface area (Å²) in [7, 11) is -0.229. The largest absolute Gasteiger partial charge is 0.507 e. The van der Waals surface area contributed by atoms with Crippen molar-refractivity contribution in [3.05, 3.63) is 109 Å². The van der Waals surface area contributed by atoms with E-state index in [-0.39, 0.29) is 22.2 Å². The fourth-order valence-corrected chi connectivity index (χ4v) is 5.28. The van der Waals surface area contributed by atoms with Gasteiger partial charge in [-0.05, 0) is 71.8 Å². The van der Waals surface area contributed by atoms with Crippen LogP contribution in [0.15, 0.2) is 118 Å². The number of carbonyl (C=O) groups is 1. The lowest BCUT2D eigenvalue weighted by atomic mass is 10.0. The molecule has 0 bridgehead atoms. The molecule has 2 N–H and O–H groups in total. The average Bonchev–Trinajstić information content (AvgIpc) is 2.76. The third-order valence-electron chi connectivity index (χ3n) is 4.61. The number of aromatic carboxylic acids is 1. The Kier molecular flexibility index (Phi) is 5.36. The van der Waals surface area contributed by atoms with E-state index in [4.69, 9.17) is 0 Å². The van der Waals surface area contributed by atoms with Crippen LogP contribution < -0.4 is 0 Å². The van der Waals surface area contributed by atoms with E-state index in [2.05, 4.69) is 60.7 Å². The molecule has 0 saturated carbocycles. The summed E-state index contributed by atoms with van der Waals surface area (Å²) in [4.78, 5) is 15.0. The number of phenols is 1. The Morgan fingerprint density at radius 3 is 1.62 bits per heavy atom. The van der Waals surface area contributed by atoms with Gasteiger partial charge in [0.15, 0.2) is 14.7 Å². The molecule has 0 heterocycles. The highest BCUT2D eigenvalue weighted by Gasteiger charge is 2.28. The van der Waals surface area contributed by atoms with Crippen molar-refractivity contribution in [3.63, 3.8) is 0 Å². The molecule has 4 aromatic rings. The Morgan fingerprint density at radius 1 is 0.621 bits per heavy atom. The summed E-state index contributed by atoms with van der Waals surface area (Å²) in [5, 5.41) is 19.0. The lowest BCUT2D eigenvalue weighted by Crippen LogP contribution is -2.04. The molecule has 0 unspecified atom stereocenters. The second kappa shape index (κ2) is 8.25. The minimum atomic E-state index is -1.14. The van der Waals surface area contributed by atoms with Crippen LogP contribution in [0.25, 0.3) is 11.1 Å². The predicted molar refractivity (Wildman–Crippen MR) is 116 cm³/mol. The van der Waals surface area contributed by atoms with Gasteiger partial charge in [-0.1, -0.05) is 42.5 Å². The van der Waals surface area contributed by atoms with Gasteiger partial charge in [0, 0.05) is 0 Å². The number of rotatable bonds is 5. The second-order valence-corrected chi connectivity index (χ2v) is 8.52. The normalized spacial score (nSPS) is 10.8. The Balaban J connectivity index is 1.74. The summed E-state index contributed by atoms with van der Waals surface area (Å²) < 4.78 is 0. The van der Waals surface area contributed by atoms with Gasteiger partial charge >= 0.3 is 5.97 Å². The summed E-state index contributed by atoms with van der Waals surface area (Å²) in [6.45, 7) is 0. The Bertz CT molecular complexity index is 1080. The zero-order valence-electron chi connectivity index (χ0n) is 15.5. The summed E-state index contributed by atoms with van der Waals surface area (Å²) >= 11 is 0. The van der Waals surface area contributed by atoms with Crippen molar-refractivity contribution in [1.29, 1.82) is 0 Å². The maximum absolute atomic E-state index is 11.3. The minimum Gasteiger partial charge on any atom is -0.507 e. The van der Waals surface area contributed by atoms with E-state index < -0.39 is 5.97 Å². The van der Waals surface area contributed by atoms with Gasteiger partial charge in [-0.3, -0.25) is 0 Å². The second-order valence-electron chi connectivity index (χ2n) is 6.49. The quantitative estimate of drug-likeness (QED) is 0.414. The Morgan fingerprint density at radius 2 is 1.10 bits per heavy atom. The van der Waals surface area contributed by atoms with Crippen LogP contribution in [0.1, 0.15) is 10.4 Å². The smallest absolute Gasteiger partial charge is 0.339 e. The van der Waals surface area contributed by atoms with Crippen molar-refractivity contribution in [2.24, 2.45) is 0 Å². The molecule has 0 saturated heterocycles. The topological polar surface area (TPSA) is 57.5 Å². The van der Waals surface area contributed by atoms with Crippen LogP contribution in [-0.2, 0) is 10.9 Å². The lowest BCUT2D eigenvalue weighted by molar-refractivity contribution is 0.0694. The molecule has 0 spiro atoms. The van der Waals surface area contributed by atoms with Crippen LogP contribution in [0.5, 0.6) is 5.75 Å². The monoisotopic (exact) mass is 399 g/mol. The van der Waals surface area contributed by atoms with Crippen molar-refractivity contribution in [1.82, 2.24) is 0 Å². The van der Waals surface area contributed by atoms with Gasteiger partial charge in [-0.25, -0.2) is 4.79 Å². The Hall–Kier alpha value is -3.50. The zero-order valence-corrected chi connectivity index (χ0v) is 16.3.